The molecule has 34 heavy (non-hydrogen) atoms. The van der Waals surface area contributed by atoms with E-state index in [4.69, 9.17) is 9.47 Å². The first-order valence-electron chi connectivity index (χ1n) is 10.6. The topological polar surface area (TPSA) is 93.6 Å². The van der Waals surface area contributed by atoms with E-state index >= 15 is 0 Å². The highest BCUT2D eigenvalue weighted by atomic mass is 16.5. The summed E-state index contributed by atoms with van der Waals surface area (Å²) in [5.41, 5.74) is 6.14. The Kier molecular flexibility index (Phi) is 5.77. The van der Waals surface area contributed by atoms with E-state index in [9.17, 15) is 14.4 Å². The highest BCUT2D eigenvalue weighted by Crippen LogP contribution is 2.46. The zero-order valence-electron chi connectivity index (χ0n) is 19.6. The number of esters is 2. The number of hydrogen-bond acceptors (Lipinski definition) is 6. The summed E-state index contributed by atoms with van der Waals surface area (Å²) in [6.45, 7) is 4.01. The van der Waals surface area contributed by atoms with Crippen LogP contribution >= 0.6 is 0 Å². The molecule has 3 aromatic rings. The van der Waals surface area contributed by atoms with Gasteiger partial charge in [-0.05, 0) is 55.8 Å². The van der Waals surface area contributed by atoms with E-state index < -0.39 is 22.9 Å². The molecule has 0 spiro atoms. The van der Waals surface area contributed by atoms with Gasteiger partial charge in [0.1, 0.15) is 0 Å². The van der Waals surface area contributed by atoms with Crippen molar-refractivity contribution in [2.24, 2.45) is 0 Å². The molecule has 2 heterocycles. The molecule has 0 saturated heterocycles. The maximum absolute atomic E-state index is 13.2. The number of likely N-dealkylation sites (N-methyl/N-ethyl adjacent to an activating group) is 1. The van der Waals surface area contributed by atoms with Crippen LogP contribution < -0.4 is 10.5 Å². The fraction of sp³-hybridized carbons (Fsp3) is 0.231. The Hall–Kier alpha value is -4.29. The maximum atomic E-state index is 13.2. The first kappa shape index (κ1) is 22.9. The van der Waals surface area contributed by atoms with Crippen LogP contribution in [0.3, 0.4) is 0 Å². The van der Waals surface area contributed by atoms with Crippen molar-refractivity contribution >= 4 is 23.7 Å². The summed E-state index contributed by atoms with van der Waals surface area (Å²) >= 11 is 0. The second-order valence-corrected chi connectivity index (χ2v) is 8.41. The highest BCUT2D eigenvalue weighted by Gasteiger charge is 2.39. The molecule has 0 atom stereocenters. The van der Waals surface area contributed by atoms with Gasteiger partial charge in [0.05, 0.1) is 36.7 Å². The zero-order valence-corrected chi connectivity index (χ0v) is 19.6. The van der Waals surface area contributed by atoms with Crippen molar-refractivity contribution in [2.75, 3.05) is 26.2 Å². The Balaban J connectivity index is 1.87. The summed E-state index contributed by atoms with van der Waals surface area (Å²) in [6.07, 6.45) is 1.51. The summed E-state index contributed by atoms with van der Waals surface area (Å²) in [5, 5.41) is 2.85. The number of ether oxygens (including phenoxy) is 2. The number of H-pyrrole nitrogens is 1. The number of methoxy groups -OCH3 is 2. The number of nitrogens with zero attached hydrogens (tertiary/aromatic N) is 2. The van der Waals surface area contributed by atoms with Crippen LogP contribution in [-0.2, 0) is 14.9 Å². The van der Waals surface area contributed by atoms with Crippen LogP contribution in [0.5, 0.6) is 0 Å². The number of hydrogen-bond donors (Lipinski definition) is 1. The number of aromatic nitrogens is 2. The average Bonchev–Trinajstić information content (AvgIpc) is 3.27. The van der Waals surface area contributed by atoms with Crippen molar-refractivity contribution in [1.29, 1.82) is 0 Å². The number of nitrogens with one attached hydrogen (secondary N) is 1. The van der Waals surface area contributed by atoms with Gasteiger partial charge in [-0.15, -0.1) is 0 Å². The molecule has 1 aromatic heterocycles. The fourth-order valence-electron chi connectivity index (χ4n) is 4.26. The molecular weight excluding hydrogens is 434 g/mol. The van der Waals surface area contributed by atoms with Crippen molar-refractivity contribution in [3.8, 4) is 5.69 Å². The van der Waals surface area contributed by atoms with Crippen LogP contribution in [0, 0.1) is 0 Å². The van der Waals surface area contributed by atoms with Gasteiger partial charge in [0, 0.05) is 18.2 Å². The number of aromatic amines is 1. The quantitative estimate of drug-likeness (QED) is 0.473. The number of para-hydroxylation sites is 1. The van der Waals surface area contributed by atoms with Crippen molar-refractivity contribution in [1.82, 2.24) is 9.78 Å². The molecule has 4 rings (SSSR count). The normalized spacial score (nSPS) is 13.8. The van der Waals surface area contributed by atoms with Gasteiger partial charge < -0.3 is 14.4 Å². The monoisotopic (exact) mass is 459 g/mol. The van der Waals surface area contributed by atoms with Crippen LogP contribution in [0.15, 0.2) is 64.8 Å². The molecule has 0 amide bonds. The molecule has 0 fully saturated rings. The molecule has 174 valence electrons. The summed E-state index contributed by atoms with van der Waals surface area (Å²) in [5.74, 6) is -1.07. The van der Waals surface area contributed by atoms with E-state index in [1.807, 2.05) is 44.0 Å². The predicted molar refractivity (Wildman–Crippen MR) is 128 cm³/mol. The molecule has 0 radical (unpaired) electrons. The van der Waals surface area contributed by atoms with Crippen LogP contribution in [0.25, 0.3) is 11.8 Å². The minimum atomic E-state index is -0.658. The Morgan fingerprint density at radius 3 is 2.35 bits per heavy atom. The summed E-state index contributed by atoms with van der Waals surface area (Å²) in [6, 6.07) is 14.3. The fourth-order valence-corrected chi connectivity index (χ4v) is 4.26. The largest absolute Gasteiger partial charge is 0.465 e. The second-order valence-electron chi connectivity index (χ2n) is 8.41. The van der Waals surface area contributed by atoms with Gasteiger partial charge in [-0.25, -0.2) is 14.3 Å². The highest BCUT2D eigenvalue weighted by molar-refractivity contribution is 5.92. The Labute approximate surface area is 196 Å². The Morgan fingerprint density at radius 2 is 1.71 bits per heavy atom. The molecule has 0 saturated carbocycles. The van der Waals surface area contributed by atoms with Crippen LogP contribution in [0.4, 0.5) is 5.69 Å². The third-order valence-corrected chi connectivity index (χ3v) is 6.06. The van der Waals surface area contributed by atoms with E-state index in [2.05, 4.69) is 10.8 Å². The van der Waals surface area contributed by atoms with Crippen molar-refractivity contribution in [3.63, 3.8) is 0 Å². The first-order chi connectivity index (χ1) is 16.2. The number of rotatable bonds is 4. The molecule has 0 unspecified atom stereocenters. The van der Waals surface area contributed by atoms with Gasteiger partial charge in [0.25, 0.3) is 5.56 Å². The van der Waals surface area contributed by atoms with Crippen molar-refractivity contribution in [2.45, 2.75) is 19.3 Å². The lowest BCUT2D eigenvalue weighted by atomic mass is 9.83. The standard InChI is InChI=1S/C26H25N3O5/c1-26(2)19-15-16(24(31)33-4)11-13-20(19)28(3)21(26)14-12-18-22(25(32)34-5)27-29(23(18)30)17-9-7-6-8-10-17/h6-13,15,27H,1-5H3. The number of allylic oxidation sites excluding steroid dienone is 1. The van der Waals surface area contributed by atoms with Gasteiger partial charge in [0.2, 0.25) is 0 Å². The molecule has 8 heteroatoms. The van der Waals surface area contributed by atoms with Crippen molar-refractivity contribution in [3.05, 3.63) is 92.7 Å². The summed E-state index contributed by atoms with van der Waals surface area (Å²) in [7, 11) is 4.50. The number of carbonyl (C=O) groups excluding carboxylic acids is 2. The van der Waals surface area contributed by atoms with Gasteiger partial charge >= 0.3 is 11.9 Å². The first-order valence-corrected chi connectivity index (χ1v) is 10.6. The Bertz CT molecular complexity index is 1410. The van der Waals surface area contributed by atoms with E-state index in [-0.39, 0.29) is 11.3 Å². The zero-order chi connectivity index (χ0) is 24.6. The summed E-state index contributed by atoms with van der Waals surface area (Å²) in [4.78, 5) is 39.6. The molecule has 0 bridgehead atoms. The van der Waals surface area contributed by atoms with Gasteiger partial charge in [-0.2, -0.15) is 0 Å². The molecule has 1 aliphatic rings. The molecule has 1 N–H and O–H groups in total. The minimum Gasteiger partial charge on any atom is -0.465 e. The number of anilines is 1. The van der Waals surface area contributed by atoms with E-state index in [0.717, 1.165) is 16.9 Å². The number of benzene rings is 2. The van der Waals surface area contributed by atoms with Gasteiger partial charge in [0.15, 0.2) is 5.69 Å². The molecule has 2 aromatic carbocycles. The lowest BCUT2D eigenvalue weighted by Crippen LogP contribution is -2.22. The van der Waals surface area contributed by atoms with Crippen LogP contribution in [0.2, 0.25) is 0 Å². The Morgan fingerprint density at radius 1 is 1.03 bits per heavy atom. The smallest absolute Gasteiger partial charge is 0.356 e. The van der Waals surface area contributed by atoms with Crippen LogP contribution in [-0.4, -0.2) is 43.0 Å². The summed E-state index contributed by atoms with van der Waals surface area (Å²) < 4.78 is 11.0. The maximum Gasteiger partial charge on any atom is 0.356 e. The third kappa shape index (κ3) is 3.64. The lowest BCUT2D eigenvalue weighted by Gasteiger charge is -2.21. The molecule has 1 aliphatic heterocycles. The van der Waals surface area contributed by atoms with Crippen molar-refractivity contribution < 1.29 is 19.1 Å². The molecular formula is C26H25N3O5. The molecule has 8 nitrogen and oxygen atoms in total. The minimum absolute atomic E-state index is 0.0356. The van der Waals surface area contributed by atoms with Gasteiger partial charge in [-0.3, -0.25) is 9.89 Å². The van der Waals surface area contributed by atoms with E-state index in [1.54, 1.807) is 30.3 Å². The number of fused-ring (bicyclic) bond motifs is 1. The average molecular weight is 460 g/mol. The molecule has 0 aliphatic carbocycles. The van der Waals surface area contributed by atoms with Gasteiger partial charge in [-0.1, -0.05) is 23.9 Å². The van der Waals surface area contributed by atoms with E-state index in [0.29, 0.717) is 11.3 Å². The lowest BCUT2D eigenvalue weighted by molar-refractivity contribution is 0.0587. The van der Waals surface area contributed by atoms with Crippen LogP contribution in [0.1, 0.15) is 45.8 Å². The van der Waals surface area contributed by atoms with E-state index in [1.165, 1.54) is 25.0 Å². The predicted octanol–water partition coefficient (Wildman–Crippen LogP) is 3.66. The third-order valence-electron chi connectivity index (χ3n) is 6.06. The second kappa shape index (κ2) is 8.57. The number of carbonyl (C=O) groups is 2. The SMILES string of the molecule is COC(=O)c1ccc2c(c1)C(C)(C)C(=C=Cc1c(C(=O)OC)[nH]n(-c3ccccc3)c1=O)N2C.